The number of ether oxygens (including phenoxy) is 1. The van der Waals surface area contributed by atoms with Gasteiger partial charge in [0.25, 0.3) is 0 Å². The number of nitrogens with zero attached hydrogens (tertiary/aromatic N) is 1. The average Bonchev–Trinajstić information content (AvgIpc) is 2.35. The number of hydrogen-bond donors (Lipinski definition) is 1. The molecule has 0 aromatic heterocycles. The molecule has 3 nitrogen and oxygen atoms in total. The first-order valence-corrected chi connectivity index (χ1v) is 7.28. The van der Waals surface area contributed by atoms with Crippen molar-refractivity contribution >= 4 is 0 Å². The highest BCUT2D eigenvalue weighted by molar-refractivity contribution is 4.74. The molecular formula is C14H30N2O. The predicted molar refractivity (Wildman–Crippen MR) is 73.5 cm³/mol. The molecule has 1 N–H and O–H groups in total. The van der Waals surface area contributed by atoms with Crippen LogP contribution in [0.3, 0.4) is 0 Å². The van der Waals surface area contributed by atoms with E-state index in [0.717, 1.165) is 12.6 Å². The minimum atomic E-state index is 0.530. The number of rotatable bonds is 4. The number of methoxy groups -OCH3 is 1. The molecule has 1 aliphatic heterocycles. The summed E-state index contributed by atoms with van der Waals surface area (Å²) in [5.41, 5.74) is 0. The Morgan fingerprint density at radius 3 is 2.06 bits per heavy atom. The monoisotopic (exact) mass is 242 g/mol. The van der Waals surface area contributed by atoms with E-state index >= 15 is 0 Å². The van der Waals surface area contributed by atoms with Crippen molar-refractivity contribution in [3.63, 3.8) is 0 Å². The summed E-state index contributed by atoms with van der Waals surface area (Å²) in [6, 6.07) is 0.880. The van der Waals surface area contributed by atoms with Crippen molar-refractivity contribution in [3.05, 3.63) is 0 Å². The predicted octanol–water partition coefficient (Wildman–Crippen LogP) is 2.27. The maximum Gasteiger partial charge on any atom is 0.0595 e. The van der Waals surface area contributed by atoms with E-state index in [2.05, 4.69) is 24.1 Å². The molecule has 0 aromatic rings. The van der Waals surface area contributed by atoms with E-state index in [0.29, 0.717) is 6.10 Å². The van der Waals surface area contributed by atoms with Gasteiger partial charge in [-0.15, -0.1) is 0 Å². The van der Waals surface area contributed by atoms with Crippen molar-refractivity contribution in [2.45, 2.75) is 58.1 Å². The molecule has 1 saturated heterocycles. The third kappa shape index (κ3) is 5.84. The third-order valence-electron chi connectivity index (χ3n) is 3.91. The highest BCUT2D eigenvalue weighted by Gasteiger charge is 2.16. The van der Waals surface area contributed by atoms with Gasteiger partial charge in [-0.3, -0.25) is 0 Å². The summed E-state index contributed by atoms with van der Waals surface area (Å²) in [6.07, 6.45) is 7.22. The molecule has 17 heavy (non-hydrogen) atoms. The summed E-state index contributed by atoms with van der Waals surface area (Å²) < 4.78 is 5.26. The highest BCUT2D eigenvalue weighted by atomic mass is 16.5. The smallest absolute Gasteiger partial charge is 0.0595 e. The van der Waals surface area contributed by atoms with Crippen LogP contribution in [0.1, 0.15) is 46.0 Å². The molecule has 0 amide bonds. The second kappa shape index (κ2) is 8.90. The Morgan fingerprint density at radius 1 is 1.12 bits per heavy atom. The molecule has 1 heterocycles. The van der Waals surface area contributed by atoms with Crippen LogP contribution in [0.4, 0.5) is 0 Å². The molecule has 3 heteroatoms. The van der Waals surface area contributed by atoms with E-state index in [1.54, 1.807) is 0 Å². The Balaban J connectivity index is 0.000000181. The van der Waals surface area contributed by atoms with Crippen LogP contribution in [0, 0.1) is 0 Å². The highest BCUT2D eigenvalue weighted by Crippen LogP contribution is 2.17. The van der Waals surface area contributed by atoms with Gasteiger partial charge in [0.1, 0.15) is 0 Å². The third-order valence-corrected chi connectivity index (χ3v) is 3.91. The van der Waals surface area contributed by atoms with Gasteiger partial charge in [0, 0.05) is 26.2 Å². The minimum Gasteiger partial charge on any atom is -0.381 e. The molecule has 2 fully saturated rings. The van der Waals surface area contributed by atoms with E-state index in [4.69, 9.17) is 4.74 Å². The van der Waals surface area contributed by atoms with E-state index in [-0.39, 0.29) is 0 Å². The van der Waals surface area contributed by atoms with Gasteiger partial charge < -0.3 is 15.0 Å². The Morgan fingerprint density at radius 2 is 1.76 bits per heavy atom. The normalized spacial score (nSPS) is 22.8. The fourth-order valence-electron chi connectivity index (χ4n) is 2.36. The molecule has 2 aliphatic rings. The van der Waals surface area contributed by atoms with E-state index in [9.17, 15) is 0 Å². The van der Waals surface area contributed by atoms with Crippen LogP contribution < -0.4 is 5.32 Å². The first kappa shape index (κ1) is 14.9. The van der Waals surface area contributed by atoms with Crippen LogP contribution in [0.2, 0.25) is 0 Å². The second-order valence-corrected chi connectivity index (χ2v) is 5.05. The molecule has 0 bridgehead atoms. The molecule has 0 atom stereocenters. The van der Waals surface area contributed by atoms with Crippen LogP contribution >= 0.6 is 0 Å². The van der Waals surface area contributed by atoms with Crippen LogP contribution in [0.5, 0.6) is 0 Å². The zero-order valence-corrected chi connectivity index (χ0v) is 11.9. The summed E-state index contributed by atoms with van der Waals surface area (Å²) >= 11 is 0. The topological polar surface area (TPSA) is 24.5 Å². The quantitative estimate of drug-likeness (QED) is 0.818. The van der Waals surface area contributed by atoms with Crippen molar-refractivity contribution in [1.82, 2.24) is 10.2 Å². The van der Waals surface area contributed by atoms with Gasteiger partial charge in [0.15, 0.2) is 0 Å². The molecule has 1 saturated carbocycles. The molecular weight excluding hydrogens is 212 g/mol. The van der Waals surface area contributed by atoms with Gasteiger partial charge in [-0.05, 0) is 38.8 Å². The Hall–Kier alpha value is -0.120. The summed E-state index contributed by atoms with van der Waals surface area (Å²) in [5, 5.41) is 3.38. The van der Waals surface area contributed by atoms with Crippen LogP contribution in [0.25, 0.3) is 0 Å². The Kier molecular flexibility index (Phi) is 7.82. The lowest BCUT2D eigenvalue weighted by Crippen LogP contribution is -2.36. The lowest BCUT2D eigenvalue weighted by Gasteiger charge is -2.29. The largest absolute Gasteiger partial charge is 0.381 e. The van der Waals surface area contributed by atoms with Crippen LogP contribution in [-0.4, -0.2) is 50.3 Å². The summed E-state index contributed by atoms with van der Waals surface area (Å²) in [7, 11) is 1.81. The minimum absolute atomic E-state index is 0.530. The molecule has 0 aromatic carbocycles. The molecule has 2 rings (SSSR count). The number of piperidine rings is 1. The maximum absolute atomic E-state index is 5.26. The zero-order valence-electron chi connectivity index (χ0n) is 11.9. The van der Waals surface area contributed by atoms with E-state index < -0.39 is 0 Å². The number of likely N-dealkylation sites (tertiary alicyclic amines) is 1. The lowest BCUT2D eigenvalue weighted by molar-refractivity contribution is 0.0427. The first-order valence-electron chi connectivity index (χ1n) is 7.28. The van der Waals surface area contributed by atoms with Crippen molar-refractivity contribution < 1.29 is 4.74 Å². The van der Waals surface area contributed by atoms with Gasteiger partial charge in [-0.25, -0.2) is 0 Å². The van der Waals surface area contributed by atoms with Gasteiger partial charge >= 0.3 is 0 Å². The number of hydrogen-bond acceptors (Lipinski definition) is 3. The Bertz CT molecular complexity index is 163. The lowest BCUT2D eigenvalue weighted by atomic mass is 9.93. The zero-order chi connectivity index (χ0) is 12.5. The maximum atomic E-state index is 5.26. The molecule has 102 valence electrons. The number of nitrogens with one attached hydrogen (secondary N) is 1. The van der Waals surface area contributed by atoms with Crippen molar-refractivity contribution in [2.75, 3.05) is 33.3 Å². The average molecular weight is 242 g/mol. The fourth-order valence-corrected chi connectivity index (χ4v) is 2.36. The van der Waals surface area contributed by atoms with Crippen molar-refractivity contribution in [2.24, 2.45) is 0 Å². The SMILES string of the molecule is CCN1CCC(OC)CC1.CCNC1CCC1. The first-order chi connectivity index (χ1) is 8.30. The van der Waals surface area contributed by atoms with Gasteiger partial charge in [0.05, 0.1) is 6.10 Å². The van der Waals surface area contributed by atoms with Gasteiger partial charge in [0.2, 0.25) is 0 Å². The fraction of sp³-hybridized carbons (Fsp3) is 1.00. The van der Waals surface area contributed by atoms with Crippen molar-refractivity contribution in [1.29, 1.82) is 0 Å². The van der Waals surface area contributed by atoms with Crippen LogP contribution in [-0.2, 0) is 4.74 Å². The van der Waals surface area contributed by atoms with Gasteiger partial charge in [-0.2, -0.15) is 0 Å². The molecule has 1 aliphatic carbocycles. The standard InChI is InChI=1S/C8H17NO.C6H13N/c1-3-9-6-4-8(10-2)5-7-9;1-2-7-6-4-3-5-6/h8H,3-7H2,1-2H3;6-7H,2-5H2,1H3. The van der Waals surface area contributed by atoms with E-state index in [1.807, 2.05) is 7.11 Å². The summed E-state index contributed by atoms with van der Waals surface area (Å²) in [4.78, 5) is 2.47. The van der Waals surface area contributed by atoms with Crippen LogP contribution in [0.15, 0.2) is 0 Å². The molecule has 0 unspecified atom stereocenters. The van der Waals surface area contributed by atoms with Gasteiger partial charge in [-0.1, -0.05) is 20.3 Å². The Labute approximate surface area is 107 Å². The second-order valence-electron chi connectivity index (χ2n) is 5.05. The molecule has 0 spiro atoms. The summed E-state index contributed by atoms with van der Waals surface area (Å²) in [6.45, 7) is 9.15. The molecule has 0 radical (unpaired) electrons. The van der Waals surface area contributed by atoms with E-state index in [1.165, 1.54) is 51.7 Å². The van der Waals surface area contributed by atoms with Crippen molar-refractivity contribution in [3.8, 4) is 0 Å². The summed E-state index contributed by atoms with van der Waals surface area (Å²) in [5.74, 6) is 0.